The molecule has 0 aliphatic carbocycles. The van der Waals surface area contributed by atoms with Crippen molar-refractivity contribution in [3.05, 3.63) is 48.5 Å². The molecule has 1 aliphatic heterocycles. The lowest BCUT2D eigenvalue weighted by molar-refractivity contribution is -0.122. The maximum Gasteiger partial charge on any atom is 0.236 e. The zero-order valence-corrected chi connectivity index (χ0v) is 18.9. The van der Waals surface area contributed by atoms with E-state index in [1.807, 2.05) is 35.9 Å². The van der Waals surface area contributed by atoms with E-state index in [-0.39, 0.29) is 0 Å². The monoisotopic (exact) mass is 456 g/mol. The highest BCUT2D eigenvalue weighted by atomic mass is 32.2. The predicted octanol–water partition coefficient (Wildman–Crippen LogP) is 2.60. The minimum absolute atomic E-state index is 0.367. The van der Waals surface area contributed by atoms with Gasteiger partial charge in [-0.15, -0.1) is 0 Å². The number of primary amides is 1. The van der Waals surface area contributed by atoms with Crippen LogP contribution in [0.25, 0.3) is 11.0 Å². The Hall–Kier alpha value is -2.91. The van der Waals surface area contributed by atoms with E-state index < -0.39 is 21.5 Å². The van der Waals surface area contributed by atoms with Gasteiger partial charge in [0, 0.05) is 31.7 Å². The van der Waals surface area contributed by atoms with Gasteiger partial charge in [-0.1, -0.05) is 12.1 Å². The number of nitrogens with zero attached hydrogens (tertiary/aromatic N) is 2. The van der Waals surface area contributed by atoms with E-state index in [0.717, 1.165) is 29.9 Å². The summed E-state index contributed by atoms with van der Waals surface area (Å²) in [5.41, 5.74) is 7.66. The molecule has 1 amide bonds. The van der Waals surface area contributed by atoms with Crippen molar-refractivity contribution in [3.8, 4) is 5.75 Å². The van der Waals surface area contributed by atoms with Gasteiger partial charge in [-0.05, 0) is 55.7 Å². The molecule has 170 valence electrons. The molecular formula is C23H28N4O4S. The molecule has 2 aromatic carbocycles. The Bertz CT molecular complexity index is 1110. The van der Waals surface area contributed by atoms with Crippen molar-refractivity contribution >= 4 is 33.7 Å². The van der Waals surface area contributed by atoms with E-state index in [2.05, 4.69) is 10.3 Å². The van der Waals surface area contributed by atoms with Crippen molar-refractivity contribution in [2.75, 3.05) is 31.7 Å². The first-order valence-corrected chi connectivity index (χ1v) is 11.8. The quantitative estimate of drug-likeness (QED) is 0.479. The van der Waals surface area contributed by atoms with Crippen molar-refractivity contribution in [3.63, 3.8) is 0 Å². The number of benzene rings is 2. The third kappa shape index (κ3) is 4.49. The number of nitrogens with two attached hydrogens (primary N) is 1. The fourth-order valence-corrected chi connectivity index (χ4v) is 5.43. The first-order valence-electron chi connectivity index (χ1n) is 10.7. The zero-order chi connectivity index (χ0) is 22.6. The number of ether oxygens (including phenoxy) is 2. The van der Waals surface area contributed by atoms with E-state index in [1.165, 1.54) is 0 Å². The molecule has 1 saturated heterocycles. The van der Waals surface area contributed by atoms with Gasteiger partial charge in [0.05, 0.1) is 28.4 Å². The predicted molar refractivity (Wildman–Crippen MR) is 124 cm³/mol. The number of anilines is 1. The normalized spacial score (nSPS) is 16.5. The summed E-state index contributed by atoms with van der Waals surface area (Å²) in [5, 5.41) is 3.34. The molecule has 0 bridgehead atoms. The van der Waals surface area contributed by atoms with Crippen molar-refractivity contribution in [1.82, 2.24) is 9.55 Å². The van der Waals surface area contributed by atoms with Crippen LogP contribution in [0.1, 0.15) is 19.3 Å². The second-order valence-corrected chi connectivity index (χ2v) is 9.61. The molecule has 32 heavy (non-hydrogen) atoms. The lowest BCUT2D eigenvalue weighted by Gasteiger charge is -2.33. The van der Waals surface area contributed by atoms with Gasteiger partial charge in [-0.25, -0.2) is 4.98 Å². The van der Waals surface area contributed by atoms with Crippen LogP contribution in [0, 0.1) is 0 Å². The van der Waals surface area contributed by atoms with Crippen LogP contribution in [0.2, 0.25) is 0 Å². The number of amides is 1. The van der Waals surface area contributed by atoms with Gasteiger partial charge in [-0.2, -0.15) is 0 Å². The van der Waals surface area contributed by atoms with E-state index in [4.69, 9.17) is 15.2 Å². The zero-order valence-electron chi connectivity index (χ0n) is 18.1. The van der Waals surface area contributed by atoms with E-state index in [0.29, 0.717) is 43.3 Å². The maximum atomic E-state index is 13.1. The highest BCUT2D eigenvalue weighted by molar-refractivity contribution is 7.87. The SMILES string of the molecule is Cn1c(NCCCOc2ccc(S(=O)C3(C(N)=O)CCOCC3)cc2)nc2ccccc21. The van der Waals surface area contributed by atoms with Gasteiger partial charge < -0.3 is 25.1 Å². The van der Waals surface area contributed by atoms with Gasteiger partial charge in [0.2, 0.25) is 11.9 Å². The van der Waals surface area contributed by atoms with E-state index >= 15 is 0 Å². The fraction of sp³-hybridized carbons (Fsp3) is 0.391. The molecule has 9 heteroatoms. The minimum atomic E-state index is -1.54. The number of para-hydroxylation sites is 2. The van der Waals surface area contributed by atoms with Gasteiger partial charge in [0.15, 0.2) is 0 Å². The van der Waals surface area contributed by atoms with Crippen LogP contribution in [0.15, 0.2) is 53.4 Å². The summed E-state index contributed by atoms with van der Waals surface area (Å²) in [5.74, 6) is 0.982. The standard InChI is InChI=1S/C23H28N4O4S/c1-27-20-6-3-2-5-19(20)26-22(27)25-13-4-14-31-17-7-9-18(10-8-17)32(29)23(21(24)28)11-15-30-16-12-23/h2-3,5-10H,4,11-16H2,1H3,(H2,24,28)(H,25,26). The van der Waals surface area contributed by atoms with Crippen LogP contribution in [0.5, 0.6) is 5.75 Å². The average molecular weight is 457 g/mol. The number of carbonyl (C=O) groups is 1. The van der Waals surface area contributed by atoms with Crippen molar-refractivity contribution in [1.29, 1.82) is 0 Å². The molecule has 1 atom stereocenters. The molecule has 0 spiro atoms. The third-order valence-corrected chi connectivity index (χ3v) is 7.82. The number of aryl methyl sites for hydroxylation is 1. The summed E-state index contributed by atoms with van der Waals surface area (Å²) in [6.07, 6.45) is 1.53. The summed E-state index contributed by atoms with van der Waals surface area (Å²) in [4.78, 5) is 17.2. The molecule has 1 aliphatic rings. The third-order valence-electron chi connectivity index (χ3n) is 5.80. The Balaban J connectivity index is 1.28. The average Bonchev–Trinajstić information content (AvgIpc) is 3.14. The molecule has 1 aromatic heterocycles. The summed E-state index contributed by atoms with van der Waals surface area (Å²) < 4.78 is 25.2. The summed E-state index contributed by atoms with van der Waals surface area (Å²) in [6.45, 7) is 2.03. The van der Waals surface area contributed by atoms with Crippen molar-refractivity contribution in [2.45, 2.75) is 28.9 Å². The molecule has 1 fully saturated rings. The largest absolute Gasteiger partial charge is 0.494 e. The summed E-state index contributed by atoms with van der Waals surface area (Å²) in [7, 11) is 0.453. The molecule has 0 saturated carbocycles. The Morgan fingerprint density at radius 2 is 1.94 bits per heavy atom. The highest BCUT2D eigenvalue weighted by Crippen LogP contribution is 2.32. The maximum absolute atomic E-state index is 13.1. The van der Waals surface area contributed by atoms with Crippen LogP contribution in [-0.4, -0.2) is 50.8 Å². The molecule has 3 N–H and O–H groups in total. The number of imidazole rings is 1. The second kappa shape index (κ2) is 9.70. The smallest absolute Gasteiger partial charge is 0.236 e. The number of hydrogen-bond acceptors (Lipinski definition) is 6. The van der Waals surface area contributed by atoms with Crippen LogP contribution >= 0.6 is 0 Å². The van der Waals surface area contributed by atoms with Gasteiger partial charge in [-0.3, -0.25) is 9.00 Å². The highest BCUT2D eigenvalue weighted by Gasteiger charge is 2.45. The molecule has 3 aromatic rings. The molecule has 4 rings (SSSR count). The van der Waals surface area contributed by atoms with E-state index in [1.54, 1.807) is 24.3 Å². The number of nitrogens with one attached hydrogen (secondary N) is 1. The van der Waals surface area contributed by atoms with Crippen LogP contribution < -0.4 is 15.8 Å². The molecule has 0 radical (unpaired) electrons. The van der Waals surface area contributed by atoms with E-state index in [9.17, 15) is 9.00 Å². The van der Waals surface area contributed by atoms with Gasteiger partial charge >= 0.3 is 0 Å². The summed E-state index contributed by atoms with van der Waals surface area (Å²) in [6, 6.07) is 15.0. The number of rotatable bonds is 9. The Morgan fingerprint density at radius 1 is 1.22 bits per heavy atom. The van der Waals surface area contributed by atoms with Gasteiger partial charge in [0.1, 0.15) is 10.5 Å². The van der Waals surface area contributed by atoms with Crippen molar-refractivity contribution < 1.29 is 18.5 Å². The molecule has 2 heterocycles. The van der Waals surface area contributed by atoms with Crippen molar-refractivity contribution in [2.24, 2.45) is 12.8 Å². The van der Waals surface area contributed by atoms with Crippen LogP contribution in [0.3, 0.4) is 0 Å². The Kier molecular flexibility index (Phi) is 6.76. The minimum Gasteiger partial charge on any atom is -0.494 e. The number of carbonyl (C=O) groups excluding carboxylic acids is 1. The lowest BCUT2D eigenvalue weighted by atomic mass is 9.98. The van der Waals surface area contributed by atoms with Gasteiger partial charge in [0.25, 0.3) is 0 Å². The van der Waals surface area contributed by atoms with Crippen LogP contribution in [0.4, 0.5) is 5.95 Å². The molecule has 1 unspecified atom stereocenters. The lowest BCUT2D eigenvalue weighted by Crippen LogP contribution is -2.51. The Labute approximate surface area is 189 Å². The molecule has 8 nitrogen and oxygen atoms in total. The Morgan fingerprint density at radius 3 is 2.62 bits per heavy atom. The first kappa shape index (κ1) is 22.3. The summed E-state index contributed by atoms with van der Waals surface area (Å²) >= 11 is 0. The fourth-order valence-electron chi connectivity index (χ4n) is 3.88. The first-order chi connectivity index (χ1) is 15.5. The second-order valence-electron chi connectivity index (χ2n) is 7.82. The molecular weight excluding hydrogens is 428 g/mol. The number of fused-ring (bicyclic) bond motifs is 1. The topological polar surface area (TPSA) is 108 Å². The number of hydrogen-bond donors (Lipinski definition) is 2. The number of aromatic nitrogens is 2. The van der Waals surface area contributed by atoms with Crippen LogP contribution in [-0.2, 0) is 27.4 Å².